The van der Waals surface area contributed by atoms with Gasteiger partial charge in [-0.2, -0.15) is 0 Å². The van der Waals surface area contributed by atoms with Crippen molar-refractivity contribution in [2.24, 2.45) is 0 Å². The van der Waals surface area contributed by atoms with Crippen LogP contribution < -0.4 is 0 Å². The second-order valence-corrected chi connectivity index (χ2v) is 18.6. The number of rotatable bonds is 5. The molecule has 12 aromatic rings. The number of nitrogens with zero attached hydrogens (tertiary/aromatic N) is 1. The van der Waals surface area contributed by atoms with Crippen LogP contribution in [0.25, 0.3) is 92.7 Å². The van der Waals surface area contributed by atoms with Crippen LogP contribution >= 0.6 is 11.3 Å². The second kappa shape index (κ2) is 14.0. The summed E-state index contributed by atoms with van der Waals surface area (Å²) in [6.07, 6.45) is 2.41. The van der Waals surface area contributed by atoms with Crippen LogP contribution in [0.2, 0.25) is 0 Å². The van der Waals surface area contributed by atoms with Crippen LogP contribution in [0.15, 0.2) is 231 Å². The summed E-state index contributed by atoms with van der Waals surface area (Å²) in [5.74, 6) is 0. The Morgan fingerprint density at radius 2 is 1.03 bits per heavy atom. The van der Waals surface area contributed by atoms with E-state index in [0.717, 1.165) is 5.56 Å². The van der Waals surface area contributed by atoms with E-state index in [1.54, 1.807) is 0 Å². The second-order valence-electron chi connectivity index (χ2n) is 17.5. The summed E-state index contributed by atoms with van der Waals surface area (Å²) in [5.41, 5.74) is 20.8. The molecule has 0 amide bonds. The molecule has 1 nitrogen and oxygen atoms in total. The van der Waals surface area contributed by atoms with Crippen molar-refractivity contribution in [2.45, 2.75) is 5.41 Å². The Morgan fingerprint density at radius 1 is 0.415 bits per heavy atom. The highest BCUT2D eigenvalue weighted by molar-refractivity contribution is 7.26. The maximum absolute atomic E-state index is 2.52. The van der Waals surface area contributed by atoms with Crippen LogP contribution in [0.4, 0.5) is 0 Å². The van der Waals surface area contributed by atoms with Crippen LogP contribution in [0.1, 0.15) is 38.9 Å². The molecule has 2 heteroatoms. The summed E-state index contributed by atoms with van der Waals surface area (Å²) in [6, 6.07) is 85.9. The fraction of sp³-hybridized carbons (Fsp3) is 0.0159. The summed E-state index contributed by atoms with van der Waals surface area (Å²) < 4.78 is 5.19. The van der Waals surface area contributed by atoms with E-state index in [-0.39, 0.29) is 0 Å². The van der Waals surface area contributed by atoms with Crippen LogP contribution in [0.3, 0.4) is 0 Å². The molecule has 1 atom stereocenters. The van der Waals surface area contributed by atoms with Crippen molar-refractivity contribution in [3.8, 4) is 39.1 Å². The van der Waals surface area contributed by atoms with E-state index in [4.69, 9.17) is 0 Å². The van der Waals surface area contributed by atoms with E-state index in [0.29, 0.717) is 0 Å². The van der Waals surface area contributed by atoms with Crippen molar-refractivity contribution in [1.82, 2.24) is 4.57 Å². The van der Waals surface area contributed by atoms with Gasteiger partial charge in [0.2, 0.25) is 0 Å². The lowest BCUT2D eigenvalue weighted by Gasteiger charge is -2.39. The molecule has 10 aromatic carbocycles. The normalized spacial score (nSPS) is 14.9. The zero-order valence-corrected chi connectivity index (χ0v) is 36.2. The van der Waals surface area contributed by atoms with Gasteiger partial charge in [-0.1, -0.05) is 212 Å². The van der Waals surface area contributed by atoms with Gasteiger partial charge in [-0.15, -0.1) is 11.3 Å². The van der Waals surface area contributed by atoms with Gasteiger partial charge in [-0.25, -0.2) is 0 Å². The van der Waals surface area contributed by atoms with E-state index in [9.17, 15) is 0 Å². The van der Waals surface area contributed by atoms with E-state index in [2.05, 4.69) is 241 Å². The molecule has 0 radical (unpaired) electrons. The van der Waals surface area contributed by atoms with E-state index in [1.165, 1.54) is 120 Å². The first-order valence-electron chi connectivity index (χ1n) is 22.5. The molecule has 1 aliphatic heterocycles. The van der Waals surface area contributed by atoms with Gasteiger partial charge in [0.15, 0.2) is 0 Å². The summed E-state index contributed by atoms with van der Waals surface area (Å²) in [7, 11) is 0. The number of aromatic nitrogens is 1. The third-order valence-corrected chi connectivity index (χ3v) is 15.5. The quantitative estimate of drug-likeness (QED) is 0.152. The first kappa shape index (κ1) is 36.4. The molecule has 1 unspecified atom stereocenters. The Balaban J connectivity index is 1.00. The fourth-order valence-electron chi connectivity index (χ4n) is 11.5. The van der Waals surface area contributed by atoms with Crippen molar-refractivity contribution >= 4 is 65.0 Å². The Kier molecular flexibility index (Phi) is 7.84. The highest BCUT2D eigenvalue weighted by Crippen LogP contribution is 2.62. The predicted octanol–water partition coefficient (Wildman–Crippen LogP) is 16.8. The van der Waals surface area contributed by atoms with Gasteiger partial charge < -0.3 is 4.57 Å². The molecule has 65 heavy (non-hydrogen) atoms. The molecule has 3 heterocycles. The molecule has 1 aliphatic carbocycles. The van der Waals surface area contributed by atoms with Crippen molar-refractivity contribution < 1.29 is 0 Å². The first-order valence-corrected chi connectivity index (χ1v) is 23.3. The van der Waals surface area contributed by atoms with Gasteiger partial charge in [0.25, 0.3) is 0 Å². The van der Waals surface area contributed by atoms with Crippen LogP contribution in [0, 0.1) is 0 Å². The average Bonchev–Trinajstić information content (AvgIpc) is 4.03. The summed E-state index contributed by atoms with van der Waals surface area (Å²) in [6.45, 7) is 0. The number of hydrogen-bond acceptors (Lipinski definition) is 1. The molecule has 0 N–H and O–H groups in total. The number of hydrogen-bond donors (Lipinski definition) is 0. The summed E-state index contributed by atoms with van der Waals surface area (Å²) in [4.78, 5) is 0. The highest BCUT2D eigenvalue weighted by Gasteiger charge is 2.51. The number of fused-ring (bicyclic) bond motifs is 15. The van der Waals surface area contributed by atoms with Crippen LogP contribution in [-0.2, 0) is 5.41 Å². The van der Waals surface area contributed by atoms with Crippen LogP contribution in [0.5, 0.6) is 0 Å². The van der Waals surface area contributed by atoms with Gasteiger partial charge in [0, 0.05) is 30.9 Å². The molecular formula is C63H39NS. The predicted molar refractivity (Wildman–Crippen MR) is 275 cm³/mol. The highest BCUT2D eigenvalue weighted by atomic mass is 32.1. The maximum Gasteiger partial charge on any atom is 0.0754 e. The van der Waals surface area contributed by atoms with E-state index >= 15 is 0 Å². The Labute approximate surface area is 381 Å². The molecule has 0 saturated heterocycles. The van der Waals surface area contributed by atoms with Gasteiger partial charge in [0.1, 0.15) is 0 Å². The third-order valence-electron chi connectivity index (χ3n) is 14.2. The smallest absolute Gasteiger partial charge is 0.0754 e. The SMILES string of the molecule is C(=C(\c1ccc(-c2ccccc2)cc1)c1cccc2c1-c1ccccc1C21c2ccccc2-n2c3ccccc3c3cccc1c32)/c1ccc(-c2cccc3c2sc2ccccc23)cc1. The molecule has 302 valence electrons. The van der Waals surface area contributed by atoms with Crippen LogP contribution in [-0.4, -0.2) is 4.57 Å². The Morgan fingerprint density at radius 3 is 1.91 bits per heavy atom. The van der Waals surface area contributed by atoms with E-state index in [1.807, 2.05) is 11.3 Å². The zero-order chi connectivity index (χ0) is 42.6. The maximum atomic E-state index is 2.52. The van der Waals surface area contributed by atoms with Crippen molar-refractivity contribution in [2.75, 3.05) is 0 Å². The average molecular weight is 842 g/mol. The Hall–Kier alpha value is -8.04. The lowest BCUT2D eigenvalue weighted by atomic mass is 9.65. The molecule has 0 fully saturated rings. The third kappa shape index (κ3) is 5.14. The number of benzene rings is 10. The molecule has 0 saturated carbocycles. The molecular weight excluding hydrogens is 803 g/mol. The monoisotopic (exact) mass is 841 g/mol. The minimum Gasteiger partial charge on any atom is -0.309 e. The number of para-hydroxylation sites is 3. The minimum atomic E-state index is -0.528. The van der Waals surface area contributed by atoms with E-state index < -0.39 is 5.41 Å². The lowest BCUT2D eigenvalue weighted by molar-refractivity contribution is 0.748. The van der Waals surface area contributed by atoms with Crippen molar-refractivity contribution in [3.63, 3.8) is 0 Å². The Bertz CT molecular complexity index is 3920. The fourth-order valence-corrected chi connectivity index (χ4v) is 12.8. The topological polar surface area (TPSA) is 4.93 Å². The minimum absolute atomic E-state index is 0.528. The molecule has 0 bridgehead atoms. The zero-order valence-electron chi connectivity index (χ0n) is 35.4. The molecule has 1 spiro atoms. The molecule has 2 aromatic heterocycles. The summed E-state index contributed by atoms with van der Waals surface area (Å²) >= 11 is 1.89. The molecule has 2 aliphatic rings. The van der Waals surface area contributed by atoms with Crippen molar-refractivity contribution in [3.05, 3.63) is 269 Å². The molecule has 14 rings (SSSR count). The van der Waals surface area contributed by atoms with Gasteiger partial charge >= 0.3 is 0 Å². The number of thiophene rings is 1. The largest absolute Gasteiger partial charge is 0.309 e. The lowest BCUT2D eigenvalue weighted by Crippen LogP contribution is -2.33. The standard InChI is InChI=1S/C63H39NS/c1-2-15-41(16-3-1)42-35-37-44(38-36-42)52(39-40-31-33-43(34-32-40)45-20-12-23-50-47-18-6-11-30-59(47)65-62(45)50)48-21-13-26-55-60(48)51-19-4-7-24-53(51)63(55)54-25-8-10-29-58(54)64-57-28-9-5-17-46(57)49-22-14-27-56(63)61(49)64/h1-39H/b52-39-. The first-order chi connectivity index (χ1) is 32.3. The van der Waals surface area contributed by atoms with Crippen molar-refractivity contribution in [1.29, 1.82) is 0 Å². The van der Waals surface area contributed by atoms with Gasteiger partial charge in [-0.05, 0) is 102 Å². The van der Waals surface area contributed by atoms with Gasteiger partial charge in [0.05, 0.1) is 22.1 Å². The summed E-state index contributed by atoms with van der Waals surface area (Å²) in [5, 5.41) is 5.22. The van der Waals surface area contributed by atoms with Gasteiger partial charge in [-0.3, -0.25) is 0 Å².